The molecule has 88 valence electrons. The normalized spacial score (nSPS) is 10.9. The molecule has 0 aliphatic heterocycles. The van der Waals surface area contributed by atoms with Gasteiger partial charge in [-0.25, -0.2) is 9.78 Å². The molecule has 18 heavy (non-hydrogen) atoms. The second-order valence-electron chi connectivity index (χ2n) is 3.62. The van der Waals surface area contributed by atoms with Gasteiger partial charge in [0.25, 0.3) is 5.56 Å². The van der Waals surface area contributed by atoms with Gasteiger partial charge in [-0.05, 0) is 12.1 Å². The second-order valence-corrected chi connectivity index (χ2v) is 3.62. The van der Waals surface area contributed by atoms with Crippen LogP contribution in [-0.2, 0) is 0 Å². The van der Waals surface area contributed by atoms with Crippen LogP contribution in [-0.4, -0.2) is 26.4 Å². The minimum Gasteiger partial charge on any atom is -0.477 e. The van der Waals surface area contributed by atoms with Crippen molar-refractivity contribution in [2.45, 2.75) is 0 Å². The lowest BCUT2D eigenvalue weighted by Crippen LogP contribution is -2.17. The molecule has 0 saturated carbocycles. The highest BCUT2D eigenvalue weighted by atomic mass is 16.5. The zero-order valence-corrected chi connectivity index (χ0v) is 8.82. The van der Waals surface area contributed by atoms with Gasteiger partial charge >= 0.3 is 5.97 Å². The van der Waals surface area contributed by atoms with E-state index in [2.05, 4.69) is 15.4 Å². The highest BCUT2D eigenvalue weighted by Crippen LogP contribution is 2.20. The molecule has 0 amide bonds. The van der Waals surface area contributed by atoms with Crippen molar-refractivity contribution in [2.75, 3.05) is 0 Å². The molecule has 3 aromatic rings. The SMILES string of the molecule is O=C(O)c1cc2ccc3nnocc3c2nc1=O. The first-order valence-corrected chi connectivity index (χ1v) is 4.95. The number of fused-ring (bicyclic) bond motifs is 3. The highest BCUT2D eigenvalue weighted by Gasteiger charge is 2.13. The van der Waals surface area contributed by atoms with Gasteiger partial charge < -0.3 is 9.63 Å². The van der Waals surface area contributed by atoms with Crippen molar-refractivity contribution >= 4 is 27.8 Å². The minimum atomic E-state index is -1.30. The summed E-state index contributed by atoms with van der Waals surface area (Å²) in [4.78, 5) is 26.2. The molecule has 2 aromatic heterocycles. The maximum absolute atomic E-state index is 11.6. The lowest BCUT2D eigenvalue weighted by atomic mass is 10.1. The van der Waals surface area contributed by atoms with Crippen molar-refractivity contribution in [2.24, 2.45) is 0 Å². The fourth-order valence-electron chi connectivity index (χ4n) is 1.73. The standard InChI is InChI=1S/C11H5N3O4/c15-10-6(11(16)17)3-5-1-2-8-7(9(5)12-10)4-18-14-13-8/h1-4H,(H,16,17). The van der Waals surface area contributed by atoms with Crippen molar-refractivity contribution in [3.05, 3.63) is 40.4 Å². The molecular formula is C11H5N3O4. The molecule has 1 N–H and O–H groups in total. The maximum Gasteiger partial charge on any atom is 0.341 e. The Kier molecular flexibility index (Phi) is 2.06. The van der Waals surface area contributed by atoms with E-state index in [4.69, 9.17) is 9.63 Å². The van der Waals surface area contributed by atoms with E-state index < -0.39 is 11.5 Å². The molecule has 2 heterocycles. The van der Waals surface area contributed by atoms with Crippen LogP contribution < -0.4 is 5.56 Å². The largest absolute Gasteiger partial charge is 0.477 e. The van der Waals surface area contributed by atoms with Gasteiger partial charge in [-0.3, -0.25) is 4.79 Å². The summed E-state index contributed by atoms with van der Waals surface area (Å²) >= 11 is 0. The number of hydrogen-bond donors (Lipinski definition) is 1. The van der Waals surface area contributed by atoms with Crippen molar-refractivity contribution in [3.63, 3.8) is 0 Å². The van der Waals surface area contributed by atoms with E-state index in [0.29, 0.717) is 21.8 Å². The van der Waals surface area contributed by atoms with Crippen LogP contribution in [0.15, 0.2) is 33.8 Å². The predicted octanol–water partition coefficient (Wildman–Crippen LogP) is 0.829. The van der Waals surface area contributed by atoms with Crippen LogP contribution in [0.3, 0.4) is 0 Å². The van der Waals surface area contributed by atoms with E-state index in [-0.39, 0.29) is 5.56 Å². The van der Waals surface area contributed by atoms with E-state index in [0.717, 1.165) is 0 Å². The van der Waals surface area contributed by atoms with Gasteiger partial charge in [0.05, 0.1) is 10.9 Å². The summed E-state index contributed by atoms with van der Waals surface area (Å²) in [5, 5.41) is 17.0. The van der Waals surface area contributed by atoms with Crippen molar-refractivity contribution in [1.82, 2.24) is 15.4 Å². The Morgan fingerprint density at radius 1 is 1.33 bits per heavy atom. The monoisotopic (exact) mass is 243 g/mol. The first kappa shape index (κ1) is 10.3. The number of nitrogens with zero attached hydrogens (tertiary/aromatic N) is 3. The van der Waals surface area contributed by atoms with E-state index in [1.165, 1.54) is 12.3 Å². The average molecular weight is 243 g/mol. The number of carbonyl (C=O) groups is 1. The molecule has 0 spiro atoms. The fourth-order valence-corrected chi connectivity index (χ4v) is 1.73. The second kappa shape index (κ2) is 3.59. The molecule has 1 aromatic carbocycles. The Balaban J connectivity index is 2.50. The third-order valence-corrected chi connectivity index (χ3v) is 2.57. The summed E-state index contributed by atoms with van der Waals surface area (Å²) < 4.78 is 4.70. The van der Waals surface area contributed by atoms with Crippen LogP contribution in [0.4, 0.5) is 0 Å². The Hall–Kier alpha value is -2.83. The molecule has 7 nitrogen and oxygen atoms in total. The van der Waals surface area contributed by atoms with Gasteiger partial charge in [0.2, 0.25) is 0 Å². The van der Waals surface area contributed by atoms with E-state index in [1.54, 1.807) is 12.1 Å². The van der Waals surface area contributed by atoms with Crippen LogP contribution in [0.1, 0.15) is 10.4 Å². The van der Waals surface area contributed by atoms with Crippen molar-refractivity contribution in [1.29, 1.82) is 0 Å². The summed E-state index contributed by atoms with van der Waals surface area (Å²) in [5.41, 5.74) is -0.287. The van der Waals surface area contributed by atoms with E-state index >= 15 is 0 Å². The third kappa shape index (κ3) is 1.41. The summed E-state index contributed by atoms with van der Waals surface area (Å²) in [5.74, 6) is -1.30. The van der Waals surface area contributed by atoms with E-state index in [9.17, 15) is 9.59 Å². The molecule has 0 radical (unpaired) electrons. The van der Waals surface area contributed by atoms with Gasteiger partial charge in [-0.15, -0.1) is 5.10 Å². The van der Waals surface area contributed by atoms with Gasteiger partial charge in [-0.2, -0.15) is 0 Å². The van der Waals surface area contributed by atoms with Gasteiger partial charge in [-0.1, -0.05) is 6.07 Å². The molecule has 0 saturated heterocycles. The minimum absolute atomic E-state index is 0.348. The number of benzene rings is 1. The number of aromatic nitrogens is 3. The smallest absolute Gasteiger partial charge is 0.341 e. The quantitative estimate of drug-likeness (QED) is 0.630. The molecule has 0 aliphatic rings. The lowest BCUT2D eigenvalue weighted by molar-refractivity contribution is 0.0695. The topological polar surface area (TPSA) is 106 Å². The summed E-state index contributed by atoms with van der Waals surface area (Å²) in [6.07, 6.45) is 1.32. The molecule has 0 bridgehead atoms. The van der Waals surface area contributed by atoms with Gasteiger partial charge in [0, 0.05) is 10.7 Å². The van der Waals surface area contributed by atoms with Crippen LogP contribution in [0.2, 0.25) is 0 Å². The molecule has 7 heteroatoms. The molecule has 0 atom stereocenters. The van der Waals surface area contributed by atoms with Crippen LogP contribution in [0.5, 0.6) is 0 Å². The number of pyridine rings is 1. The molecule has 3 rings (SSSR count). The van der Waals surface area contributed by atoms with Crippen LogP contribution >= 0.6 is 0 Å². The first-order chi connectivity index (χ1) is 8.66. The van der Waals surface area contributed by atoms with Crippen LogP contribution in [0.25, 0.3) is 21.8 Å². The summed E-state index contributed by atoms with van der Waals surface area (Å²) in [7, 11) is 0. The Bertz CT molecular complexity index is 840. The van der Waals surface area contributed by atoms with E-state index in [1.807, 2.05) is 0 Å². The zero-order valence-electron chi connectivity index (χ0n) is 8.82. The Morgan fingerprint density at radius 2 is 2.17 bits per heavy atom. The molecule has 0 unspecified atom stereocenters. The number of carboxylic acids is 1. The fraction of sp³-hybridized carbons (Fsp3) is 0. The average Bonchev–Trinajstić information content (AvgIpc) is 2.37. The van der Waals surface area contributed by atoms with Gasteiger partial charge in [0.15, 0.2) is 0 Å². The first-order valence-electron chi connectivity index (χ1n) is 4.95. The Labute approximate surface area is 98.7 Å². The highest BCUT2D eigenvalue weighted by molar-refractivity contribution is 6.04. The van der Waals surface area contributed by atoms with Crippen molar-refractivity contribution < 1.29 is 14.4 Å². The van der Waals surface area contributed by atoms with Crippen LogP contribution in [0, 0.1) is 0 Å². The number of hydrogen-bond acceptors (Lipinski definition) is 6. The third-order valence-electron chi connectivity index (χ3n) is 2.57. The number of carboxylic acid groups (broad SMARTS) is 1. The summed E-state index contributed by atoms with van der Waals surface area (Å²) in [6, 6.07) is 4.57. The molecular weight excluding hydrogens is 238 g/mol. The van der Waals surface area contributed by atoms with Crippen molar-refractivity contribution in [3.8, 4) is 0 Å². The maximum atomic E-state index is 11.6. The molecule has 0 aliphatic carbocycles. The lowest BCUT2D eigenvalue weighted by Gasteiger charge is -2.01. The Morgan fingerprint density at radius 3 is 2.94 bits per heavy atom. The predicted molar refractivity (Wildman–Crippen MR) is 60.3 cm³/mol. The zero-order chi connectivity index (χ0) is 12.7. The number of rotatable bonds is 1. The van der Waals surface area contributed by atoms with Gasteiger partial charge in [0.1, 0.15) is 17.3 Å². The molecule has 0 fully saturated rings. The number of aromatic carboxylic acids is 1. The summed E-state index contributed by atoms with van der Waals surface area (Å²) in [6.45, 7) is 0.